The Morgan fingerprint density at radius 3 is 2.58 bits per heavy atom. The van der Waals surface area contributed by atoms with E-state index in [1.54, 1.807) is 6.20 Å². The summed E-state index contributed by atoms with van der Waals surface area (Å²) in [6, 6.07) is 17.0. The number of rotatable bonds is 2. The standard InChI is InChI=1S/C20H16N4/c1-23(2)17-6-5-14-11-16(4-3-15(14)12-17)18-7-9-24-10-8-22-20(24)19(18)13-21/h3-12H,1-2H3. The lowest BCUT2D eigenvalue weighted by Gasteiger charge is -2.13. The molecule has 0 N–H and O–H groups in total. The topological polar surface area (TPSA) is 44.3 Å². The molecule has 24 heavy (non-hydrogen) atoms. The highest BCUT2D eigenvalue weighted by Crippen LogP contribution is 2.30. The maximum Gasteiger partial charge on any atom is 0.155 e. The highest BCUT2D eigenvalue weighted by molar-refractivity contribution is 5.91. The third kappa shape index (κ3) is 2.19. The summed E-state index contributed by atoms with van der Waals surface area (Å²) < 4.78 is 1.87. The van der Waals surface area contributed by atoms with Gasteiger partial charge in [-0.05, 0) is 40.6 Å². The zero-order chi connectivity index (χ0) is 16.7. The molecule has 4 heteroatoms. The van der Waals surface area contributed by atoms with Gasteiger partial charge in [0, 0.05) is 43.9 Å². The number of imidazole rings is 1. The molecule has 0 fully saturated rings. The molecule has 0 bridgehead atoms. The number of aromatic nitrogens is 2. The highest BCUT2D eigenvalue weighted by Gasteiger charge is 2.11. The first-order chi connectivity index (χ1) is 11.7. The Morgan fingerprint density at radius 1 is 1.00 bits per heavy atom. The lowest BCUT2D eigenvalue weighted by molar-refractivity contribution is 1.14. The molecule has 4 rings (SSSR count). The molecule has 0 saturated carbocycles. The average molecular weight is 312 g/mol. The van der Waals surface area contributed by atoms with E-state index in [1.807, 2.05) is 37.0 Å². The number of hydrogen-bond donors (Lipinski definition) is 0. The Balaban J connectivity index is 1.91. The minimum Gasteiger partial charge on any atom is -0.378 e. The van der Waals surface area contributed by atoms with E-state index >= 15 is 0 Å². The second kappa shape index (κ2) is 5.39. The number of pyridine rings is 1. The van der Waals surface area contributed by atoms with Crippen molar-refractivity contribution in [3.63, 3.8) is 0 Å². The SMILES string of the molecule is CN(C)c1ccc2cc(-c3ccn4ccnc4c3C#N)ccc2c1. The van der Waals surface area contributed by atoms with Gasteiger partial charge in [0.2, 0.25) is 0 Å². The summed E-state index contributed by atoms with van der Waals surface area (Å²) in [5.74, 6) is 0. The van der Waals surface area contributed by atoms with E-state index in [2.05, 4.69) is 52.4 Å². The maximum atomic E-state index is 9.60. The molecule has 4 nitrogen and oxygen atoms in total. The summed E-state index contributed by atoms with van der Waals surface area (Å²) in [5.41, 5.74) is 4.41. The first-order valence-electron chi connectivity index (χ1n) is 7.74. The summed E-state index contributed by atoms with van der Waals surface area (Å²) in [4.78, 5) is 6.39. The molecule has 0 unspecified atom stereocenters. The van der Waals surface area contributed by atoms with Crippen LogP contribution in [-0.4, -0.2) is 23.5 Å². The van der Waals surface area contributed by atoms with E-state index in [0.29, 0.717) is 11.2 Å². The predicted octanol–water partition coefficient (Wildman–Crippen LogP) is 4.09. The predicted molar refractivity (Wildman–Crippen MR) is 97.2 cm³/mol. The molecule has 116 valence electrons. The number of fused-ring (bicyclic) bond motifs is 2. The minimum atomic E-state index is 0.603. The van der Waals surface area contributed by atoms with E-state index in [4.69, 9.17) is 0 Å². The quantitative estimate of drug-likeness (QED) is 0.560. The van der Waals surface area contributed by atoms with Gasteiger partial charge in [-0.25, -0.2) is 4.98 Å². The Morgan fingerprint density at radius 2 is 1.79 bits per heavy atom. The average Bonchev–Trinajstić information content (AvgIpc) is 3.08. The number of benzene rings is 2. The Labute approximate surface area is 140 Å². The van der Waals surface area contributed by atoms with Crippen LogP contribution in [-0.2, 0) is 0 Å². The van der Waals surface area contributed by atoms with Crippen LogP contribution in [0, 0.1) is 11.3 Å². The van der Waals surface area contributed by atoms with Crippen LogP contribution in [0.25, 0.3) is 27.5 Å². The zero-order valence-corrected chi connectivity index (χ0v) is 13.6. The molecule has 2 aromatic heterocycles. The van der Waals surface area contributed by atoms with Gasteiger partial charge in [0.05, 0.1) is 0 Å². The van der Waals surface area contributed by atoms with E-state index in [-0.39, 0.29) is 0 Å². The van der Waals surface area contributed by atoms with E-state index in [1.165, 1.54) is 11.1 Å². The number of nitriles is 1. The fourth-order valence-electron chi connectivity index (χ4n) is 3.02. The second-order valence-electron chi connectivity index (χ2n) is 6.01. The monoisotopic (exact) mass is 312 g/mol. The van der Waals surface area contributed by atoms with Gasteiger partial charge in [0.25, 0.3) is 0 Å². The summed E-state index contributed by atoms with van der Waals surface area (Å²) >= 11 is 0. The summed E-state index contributed by atoms with van der Waals surface area (Å²) in [6.07, 6.45) is 5.50. The molecule has 0 amide bonds. The molecule has 2 aromatic carbocycles. The van der Waals surface area contributed by atoms with Crippen LogP contribution in [0.5, 0.6) is 0 Å². The maximum absolute atomic E-state index is 9.60. The fraction of sp³-hybridized carbons (Fsp3) is 0.100. The third-order valence-electron chi connectivity index (χ3n) is 4.33. The molecule has 0 spiro atoms. The molecule has 0 atom stereocenters. The normalized spacial score (nSPS) is 10.9. The molecular formula is C20H16N4. The van der Waals surface area contributed by atoms with Gasteiger partial charge in [-0.15, -0.1) is 0 Å². The second-order valence-corrected chi connectivity index (χ2v) is 6.01. The van der Waals surface area contributed by atoms with Gasteiger partial charge < -0.3 is 9.30 Å². The third-order valence-corrected chi connectivity index (χ3v) is 4.33. The van der Waals surface area contributed by atoms with Crippen LogP contribution in [0.3, 0.4) is 0 Å². The van der Waals surface area contributed by atoms with Gasteiger partial charge >= 0.3 is 0 Å². The molecule has 4 aromatic rings. The molecule has 0 radical (unpaired) electrons. The van der Waals surface area contributed by atoms with Crippen molar-refractivity contribution in [2.24, 2.45) is 0 Å². The van der Waals surface area contributed by atoms with Crippen LogP contribution >= 0.6 is 0 Å². The van der Waals surface area contributed by atoms with Crippen molar-refractivity contribution in [2.45, 2.75) is 0 Å². The van der Waals surface area contributed by atoms with E-state index in [0.717, 1.165) is 16.5 Å². The number of hydrogen-bond acceptors (Lipinski definition) is 3. The molecule has 0 aliphatic carbocycles. The lowest BCUT2D eigenvalue weighted by Crippen LogP contribution is -2.07. The van der Waals surface area contributed by atoms with Crippen molar-refractivity contribution in [1.82, 2.24) is 9.38 Å². The van der Waals surface area contributed by atoms with Crippen molar-refractivity contribution in [2.75, 3.05) is 19.0 Å². The van der Waals surface area contributed by atoms with Gasteiger partial charge in [-0.1, -0.05) is 18.2 Å². The smallest absolute Gasteiger partial charge is 0.155 e. The van der Waals surface area contributed by atoms with Crippen molar-refractivity contribution in [1.29, 1.82) is 5.26 Å². The van der Waals surface area contributed by atoms with Crippen molar-refractivity contribution < 1.29 is 0 Å². The first kappa shape index (κ1) is 14.3. The van der Waals surface area contributed by atoms with Crippen molar-refractivity contribution in [3.05, 3.63) is 66.6 Å². The first-order valence-corrected chi connectivity index (χ1v) is 7.74. The van der Waals surface area contributed by atoms with Crippen LogP contribution in [0.1, 0.15) is 5.56 Å². The van der Waals surface area contributed by atoms with E-state index in [9.17, 15) is 5.26 Å². The Hall–Kier alpha value is -3.32. The van der Waals surface area contributed by atoms with Gasteiger partial charge in [-0.3, -0.25) is 0 Å². The Kier molecular flexibility index (Phi) is 3.21. The van der Waals surface area contributed by atoms with Crippen molar-refractivity contribution >= 4 is 22.1 Å². The molecule has 0 aliphatic rings. The summed E-state index contributed by atoms with van der Waals surface area (Å²) in [6.45, 7) is 0. The van der Waals surface area contributed by atoms with Gasteiger partial charge in [0.15, 0.2) is 5.65 Å². The zero-order valence-electron chi connectivity index (χ0n) is 13.6. The number of nitrogens with zero attached hydrogens (tertiary/aromatic N) is 4. The van der Waals surface area contributed by atoms with Gasteiger partial charge in [-0.2, -0.15) is 5.26 Å². The lowest BCUT2D eigenvalue weighted by atomic mass is 9.98. The fourth-order valence-corrected chi connectivity index (χ4v) is 3.02. The number of anilines is 1. The van der Waals surface area contributed by atoms with Crippen LogP contribution in [0.2, 0.25) is 0 Å². The largest absolute Gasteiger partial charge is 0.378 e. The van der Waals surface area contributed by atoms with Crippen molar-refractivity contribution in [3.8, 4) is 17.2 Å². The van der Waals surface area contributed by atoms with Gasteiger partial charge in [0.1, 0.15) is 11.6 Å². The molecule has 2 heterocycles. The summed E-state index contributed by atoms with van der Waals surface area (Å²) in [5, 5.41) is 11.9. The van der Waals surface area contributed by atoms with Crippen LogP contribution in [0.4, 0.5) is 5.69 Å². The molecule has 0 aliphatic heterocycles. The molecule has 0 saturated heterocycles. The van der Waals surface area contributed by atoms with Crippen LogP contribution < -0.4 is 4.90 Å². The highest BCUT2D eigenvalue weighted by atomic mass is 15.1. The summed E-state index contributed by atoms with van der Waals surface area (Å²) in [7, 11) is 4.07. The Bertz CT molecular complexity index is 1100. The van der Waals surface area contributed by atoms with Crippen LogP contribution in [0.15, 0.2) is 61.1 Å². The minimum absolute atomic E-state index is 0.603. The molecular weight excluding hydrogens is 296 g/mol. The van der Waals surface area contributed by atoms with E-state index < -0.39 is 0 Å².